The minimum atomic E-state index is -0.542. The van der Waals surface area contributed by atoms with Crippen molar-refractivity contribution in [2.45, 2.75) is 6.54 Å². The zero-order valence-corrected chi connectivity index (χ0v) is 14.3. The van der Waals surface area contributed by atoms with Crippen LogP contribution in [0.15, 0.2) is 72.8 Å². The summed E-state index contributed by atoms with van der Waals surface area (Å²) in [6.07, 6.45) is 0. The number of hydrogen-bond acceptors (Lipinski definition) is 3. The second kappa shape index (κ2) is 8.16. The molecule has 132 valence electrons. The number of amides is 1. The highest BCUT2D eigenvalue weighted by atomic mass is 19.1. The summed E-state index contributed by atoms with van der Waals surface area (Å²) in [5.41, 5.74) is 2.57. The van der Waals surface area contributed by atoms with Gasteiger partial charge in [-0.3, -0.25) is 4.79 Å². The number of methoxy groups -OCH3 is 1. The number of carbonyl (C=O) groups excluding carboxylic acids is 1. The summed E-state index contributed by atoms with van der Waals surface area (Å²) < 4.78 is 19.0. The summed E-state index contributed by atoms with van der Waals surface area (Å²) in [5.74, 6) is -0.188. The molecule has 0 aliphatic carbocycles. The monoisotopic (exact) mass is 350 g/mol. The summed E-state index contributed by atoms with van der Waals surface area (Å²) in [7, 11) is 1.64. The SMILES string of the molecule is COc1ccccc1CNc1ccc(NC(=O)c2ccccc2F)cc1. The van der Waals surface area contributed by atoms with Gasteiger partial charge in [0.2, 0.25) is 0 Å². The first-order chi connectivity index (χ1) is 12.7. The third kappa shape index (κ3) is 4.19. The van der Waals surface area contributed by atoms with Crippen LogP contribution in [0.3, 0.4) is 0 Å². The molecule has 0 radical (unpaired) electrons. The van der Waals surface area contributed by atoms with Gasteiger partial charge >= 0.3 is 0 Å². The van der Waals surface area contributed by atoms with Crippen LogP contribution in [0.1, 0.15) is 15.9 Å². The van der Waals surface area contributed by atoms with Crippen LogP contribution in [0, 0.1) is 5.82 Å². The standard InChI is InChI=1S/C21H19FN2O2/c1-26-20-9-5-2-6-15(20)14-23-16-10-12-17(13-11-16)24-21(25)18-7-3-4-8-19(18)22/h2-13,23H,14H2,1H3,(H,24,25). The van der Waals surface area contributed by atoms with Crippen LogP contribution in [0.4, 0.5) is 15.8 Å². The Morgan fingerprint density at radius 1 is 0.923 bits per heavy atom. The zero-order chi connectivity index (χ0) is 18.4. The van der Waals surface area contributed by atoms with Gasteiger partial charge in [-0.25, -0.2) is 4.39 Å². The molecule has 0 fully saturated rings. The van der Waals surface area contributed by atoms with Crippen LogP contribution in [0.25, 0.3) is 0 Å². The average Bonchev–Trinajstić information content (AvgIpc) is 2.68. The molecule has 4 nitrogen and oxygen atoms in total. The minimum absolute atomic E-state index is 0.0193. The van der Waals surface area contributed by atoms with Gasteiger partial charge in [0, 0.05) is 23.5 Å². The van der Waals surface area contributed by atoms with E-state index in [1.165, 1.54) is 12.1 Å². The highest BCUT2D eigenvalue weighted by Crippen LogP contribution is 2.20. The number of nitrogens with one attached hydrogen (secondary N) is 2. The fourth-order valence-corrected chi connectivity index (χ4v) is 2.56. The van der Waals surface area contributed by atoms with E-state index in [2.05, 4.69) is 10.6 Å². The first-order valence-corrected chi connectivity index (χ1v) is 8.19. The van der Waals surface area contributed by atoms with E-state index in [0.717, 1.165) is 17.0 Å². The van der Waals surface area contributed by atoms with Crippen LogP contribution in [-0.2, 0) is 6.54 Å². The molecular formula is C21H19FN2O2. The maximum absolute atomic E-state index is 13.6. The Labute approximate surface area is 151 Å². The van der Waals surface area contributed by atoms with Crippen molar-refractivity contribution >= 4 is 17.3 Å². The van der Waals surface area contributed by atoms with Crippen molar-refractivity contribution in [2.24, 2.45) is 0 Å². The first-order valence-electron chi connectivity index (χ1n) is 8.19. The molecule has 0 saturated heterocycles. The van der Waals surface area contributed by atoms with Crippen molar-refractivity contribution in [3.63, 3.8) is 0 Å². The molecule has 2 N–H and O–H groups in total. The molecule has 0 saturated carbocycles. The number of halogens is 1. The molecular weight excluding hydrogens is 331 g/mol. The second-order valence-corrected chi connectivity index (χ2v) is 5.68. The van der Waals surface area contributed by atoms with E-state index in [-0.39, 0.29) is 5.56 Å². The summed E-state index contributed by atoms with van der Waals surface area (Å²) in [6.45, 7) is 0.616. The van der Waals surface area contributed by atoms with E-state index in [1.807, 2.05) is 36.4 Å². The molecule has 3 aromatic carbocycles. The van der Waals surface area contributed by atoms with Crippen molar-refractivity contribution in [1.29, 1.82) is 0 Å². The largest absolute Gasteiger partial charge is 0.496 e. The van der Waals surface area contributed by atoms with Crippen molar-refractivity contribution in [3.05, 3.63) is 89.7 Å². The lowest BCUT2D eigenvalue weighted by Gasteiger charge is -2.11. The van der Waals surface area contributed by atoms with Gasteiger partial charge in [0.15, 0.2) is 0 Å². The van der Waals surface area contributed by atoms with Crippen LogP contribution in [0.5, 0.6) is 5.75 Å². The molecule has 0 heterocycles. The smallest absolute Gasteiger partial charge is 0.258 e. The van der Waals surface area contributed by atoms with Crippen LogP contribution in [-0.4, -0.2) is 13.0 Å². The third-order valence-corrected chi connectivity index (χ3v) is 3.94. The van der Waals surface area contributed by atoms with Gasteiger partial charge < -0.3 is 15.4 Å². The second-order valence-electron chi connectivity index (χ2n) is 5.68. The predicted molar refractivity (Wildman–Crippen MR) is 101 cm³/mol. The Kier molecular flexibility index (Phi) is 5.49. The number of hydrogen-bond donors (Lipinski definition) is 2. The molecule has 3 aromatic rings. The summed E-state index contributed by atoms with van der Waals surface area (Å²) in [4.78, 5) is 12.1. The van der Waals surface area contributed by atoms with Crippen LogP contribution in [0.2, 0.25) is 0 Å². The van der Waals surface area contributed by atoms with E-state index in [1.54, 1.807) is 31.4 Å². The molecule has 0 atom stereocenters. The summed E-state index contributed by atoms with van der Waals surface area (Å²) >= 11 is 0. The van der Waals surface area contributed by atoms with E-state index in [9.17, 15) is 9.18 Å². The van der Waals surface area contributed by atoms with E-state index in [4.69, 9.17) is 4.74 Å². The Balaban J connectivity index is 1.62. The summed E-state index contributed by atoms with van der Waals surface area (Å²) in [5, 5.41) is 6.00. The van der Waals surface area contributed by atoms with E-state index in [0.29, 0.717) is 12.2 Å². The predicted octanol–water partition coefficient (Wildman–Crippen LogP) is 4.70. The molecule has 0 bridgehead atoms. The van der Waals surface area contributed by atoms with Crippen molar-refractivity contribution < 1.29 is 13.9 Å². The topological polar surface area (TPSA) is 50.4 Å². The lowest BCUT2D eigenvalue weighted by molar-refractivity contribution is 0.102. The van der Waals surface area contributed by atoms with Gasteiger partial charge in [0.05, 0.1) is 12.7 Å². The molecule has 5 heteroatoms. The molecule has 3 rings (SSSR count). The molecule has 0 aromatic heterocycles. The van der Waals surface area contributed by atoms with Crippen molar-refractivity contribution in [1.82, 2.24) is 0 Å². The lowest BCUT2D eigenvalue weighted by Crippen LogP contribution is -2.13. The average molecular weight is 350 g/mol. The zero-order valence-electron chi connectivity index (χ0n) is 14.3. The number of carbonyl (C=O) groups is 1. The quantitative estimate of drug-likeness (QED) is 0.677. The van der Waals surface area contributed by atoms with Gasteiger partial charge in [-0.15, -0.1) is 0 Å². The number of rotatable bonds is 6. The summed E-state index contributed by atoms with van der Waals surface area (Å²) in [6, 6.07) is 20.9. The van der Waals surface area contributed by atoms with E-state index >= 15 is 0 Å². The van der Waals surface area contributed by atoms with Crippen molar-refractivity contribution in [2.75, 3.05) is 17.7 Å². The Morgan fingerprint density at radius 2 is 1.58 bits per heavy atom. The highest BCUT2D eigenvalue weighted by molar-refractivity contribution is 6.04. The van der Waals surface area contributed by atoms with Crippen molar-refractivity contribution in [3.8, 4) is 5.75 Å². The van der Waals surface area contributed by atoms with Crippen LogP contribution >= 0.6 is 0 Å². The number of para-hydroxylation sites is 1. The Bertz CT molecular complexity index is 895. The fraction of sp³-hybridized carbons (Fsp3) is 0.0952. The Hall–Kier alpha value is -3.34. The molecule has 26 heavy (non-hydrogen) atoms. The highest BCUT2D eigenvalue weighted by Gasteiger charge is 2.10. The first kappa shape index (κ1) is 17.5. The maximum atomic E-state index is 13.6. The van der Waals surface area contributed by atoms with E-state index < -0.39 is 11.7 Å². The molecule has 1 amide bonds. The van der Waals surface area contributed by atoms with Crippen LogP contribution < -0.4 is 15.4 Å². The number of benzene rings is 3. The third-order valence-electron chi connectivity index (χ3n) is 3.94. The molecule has 0 unspecified atom stereocenters. The molecule has 0 aliphatic rings. The number of ether oxygens (including phenoxy) is 1. The van der Waals surface area contributed by atoms with Gasteiger partial charge in [-0.1, -0.05) is 30.3 Å². The Morgan fingerprint density at radius 3 is 2.31 bits per heavy atom. The molecule has 0 aliphatic heterocycles. The maximum Gasteiger partial charge on any atom is 0.258 e. The fourth-order valence-electron chi connectivity index (χ4n) is 2.56. The minimum Gasteiger partial charge on any atom is -0.496 e. The molecule has 0 spiro atoms. The van der Waals surface area contributed by atoms with Gasteiger partial charge in [-0.05, 0) is 42.5 Å². The lowest BCUT2D eigenvalue weighted by atomic mass is 10.2. The van der Waals surface area contributed by atoms with Gasteiger partial charge in [-0.2, -0.15) is 0 Å². The number of anilines is 2. The van der Waals surface area contributed by atoms with Gasteiger partial charge in [0.1, 0.15) is 11.6 Å². The van der Waals surface area contributed by atoms with Gasteiger partial charge in [0.25, 0.3) is 5.91 Å². The normalized spacial score (nSPS) is 10.2.